The minimum absolute atomic E-state index is 0.00378. The van der Waals surface area contributed by atoms with Gasteiger partial charge >= 0.3 is 0 Å². The smallest absolute Gasteiger partial charge is 0.170 e. The Labute approximate surface area is 108 Å². The van der Waals surface area contributed by atoms with Gasteiger partial charge in [-0.15, -0.1) is 0 Å². The van der Waals surface area contributed by atoms with E-state index < -0.39 is 9.84 Å². The van der Waals surface area contributed by atoms with E-state index in [4.69, 9.17) is 4.74 Å². The summed E-state index contributed by atoms with van der Waals surface area (Å²) < 4.78 is 27.7. The monoisotopic (exact) mass is 270 g/mol. The van der Waals surface area contributed by atoms with E-state index in [2.05, 4.69) is 0 Å². The van der Waals surface area contributed by atoms with Gasteiger partial charge in [-0.25, -0.2) is 8.42 Å². The number of hydrogen-bond donors (Lipinski definition) is 0. The molecule has 0 aliphatic carbocycles. The Morgan fingerprint density at radius 2 is 1.89 bits per heavy atom. The summed E-state index contributed by atoms with van der Waals surface area (Å²) in [5, 5.41) is 0. The van der Waals surface area contributed by atoms with Gasteiger partial charge in [-0.3, -0.25) is 4.79 Å². The summed E-state index contributed by atoms with van der Waals surface area (Å²) in [6.45, 7) is 1.60. The highest BCUT2D eigenvalue weighted by molar-refractivity contribution is 7.91. The Balaban J connectivity index is 2.23. The molecule has 0 saturated heterocycles. The van der Waals surface area contributed by atoms with Gasteiger partial charge in [0.25, 0.3) is 0 Å². The fourth-order valence-corrected chi connectivity index (χ4v) is 2.26. The van der Waals surface area contributed by atoms with Gasteiger partial charge in [0, 0.05) is 12.2 Å². The second-order valence-corrected chi connectivity index (χ2v) is 6.45. The molecule has 0 amide bonds. The molecule has 0 aliphatic heterocycles. The Hall–Kier alpha value is -1.36. The van der Waals surface area contributed by atoms with Crippen LogP contribution in [0.4, 0.5) is 0 Å². The van der Waals surface area contributed by atoms with E-state index in [0.717, 1.165) is 0 Å². The number of Topliss-reactive ketones (excluding diaryl/α,β-unsaturated/α-hetero) is 1. The molecule has 0 spiro atoms. The predicted octanol–water partition coefficient (Wildman–Crippen LogP) is 1.85. The summed E-state index contributed by atoms with van der Waals surface area (Å²) in [5.41, 5.74) is 0. The Kier molecular flexibility index (Phi) is 5.85. The molecule has 0 fully saturated rings. The third kappa shape index (κ3) is 5.82. The van der Waals surface area contributed by atoms with Crippen molar-refractivity contribution in [2.45, 2.75) is 19.8 Å². The first-order chi connectivity index (χ1) is 8.53. The zero-order chi connectivity index (χ0) is 13.4. The molecule has 0 unspecified atom stereocenters. The first-order valence-electron chi connectivity index (χ1n) is 5.93. The highest BCUT2D eigenvalue weighted by Crippen LogP contribution is 2.08. The van der Waals surface area contributed by atoms with Gasteiger partial charge in [0.2, 0.25) is 0 Å². The number of rotatable bonds is 8. The zero-order valence-corrected chi connectivity index (χ0v) is 11.3. The number of carbonyl (C=O) groups excluding carboxylic acids is 1. The maximum atomic E-state index is 11.5. The Morgan fingerprint density at radius 3 is 2.50 bits per heavy atom. The number of ketones is 1. The molecule has 0 bridgehead atoms. The molecule has 0 aromatic heterocycles. The van der Waals surface area contributed by atoms with Crippen LogP contribution in [0.3, 0.4) is 0 Å². The summed E-state index contributed by atoms with van der Waals surface area (Å²) in [6, 6.07) is 9.06. The Morgan fingerprint density at radius 1 is 1.22 bits per heavy atom. The van der Waals surface area contributed by atoms with Crippen molar-refractivity contribution in [1.82, 2.24) is 0 Å². The van der Waals surface area contributed by atoms with Crippen molar-refractivity contribution < 1.29 is 17.9 Å². The van der Waals surface area contributed by atoms with E-state index in [0.29, 0.717) is 12.2 Å². The second kappa shape index (κ2) is 7.16. The molecule has 1 rings (SSSR count). The van der Waals surface area contributed by atoms with E-state index in [1.165, 1.54) is 0 Å². The van der Waals surface area contributed by atoms with Crippen LogP contribution in [0.5, 0.6) is 5.75 Å². The number of ether oxygens (including phenoxy) is 1. The van der Waals surface area contributed by atoms with Crippen molar-refractivity contribution >= 4 is 15.6 Å². The third-order valence-corrected chi connectivity index (χ3v) is 4.28. The molecule has 0 radical (unpaired) electrons. The average Bonchev–Trinajstić information content (AvgIpc) is 2.37. The van der Waals surface area contributed by atoms with Crippen LogP contribution in [0.25, 0.3) is 0 Å². The number of hydrogen-bond acceptors (Lipinski definition) is 4. The van der Waals surface area contributed by atoms with Crippen LogP contribution in [-0.4, -0.2) is 32.3 Å². The molecule has 18 heavy (non-hydrogen) atoms. The molecule has 4 nitrogen and oxygen atoms in total. The standard InChI is InChI=1S/C13H18O4S/c1-2-18(15,16)10-6-7-12(14)11-17-13-8-4-3-5-9-13/h3-5,8-9H,2,6-7,10-11H2,1H3. The van der Waals surface area contributed by atoms with Crippen molar-refractivity contribution in [3.63, 3.8) is 0 Å². The quantitative estimate of drug-likeness (QED) is 0.723. The molecule has 1 aromatic rings. The van der Waals surface area contributed by atoms with Gasteiger partial charge in [0.15, 0.2) is 5.78 Å². The number of benzene rings is 1. The van der Waals surface area contributed by atoms with Crippen molar-refractivity contribution in [3.05, 3.63) is 30.3 Å². The van der Waals surface area contributed by atoms with Crippen molar-refractivity contribution in [3.8, 4) is 5.75 Å². The maximum absolute atomic E-state index is 11.5. The van der Waals surface area contributed by atoms with Gasteiger partial charge in [0.1, 0.15) is 22.2 Å². The molecule has 0 atom stereocenters. The van der Waals surface area contributed by atoms with Gasteiger partial charge in [0.05, 0.1) is 5.75 Å². The molecule has 0 saturated carbocycles. The van der Waals surface area contributed by atoms with E-state index in [1.807, 2.05) is 18.2 Å². The van der Waals surface area contributed by atoms with Gasteiger partial charge in [-0.1, -0.05) is 25.1 Å². The van der Waals surface area contributed by atoms with Crippen molar-refractivity contribution in [1.29, 1.82) is 0 Å². The van der Waals surface area contributed by atoms with Crippen LogP contribution in [0.2, 0.25) is 0 Å². The fraction of sp³-hybridized carbons (Fsp3) is 0.462. The number of carbonyl (C=O) groups is 1. The molecule has 0 aliphatic rings. The topological polar surface area (TPSA) is 60.4 Å². The van der Waals surface area contributed by atoms with Crippen molar-refractivity contribution in [2.24, 2.45) is 0 Å². The highest BCUT2D eigenvalue weighted by Gasteiger charge is 2.09. The average molecular weight is 270 g/mol. The normalized spacial score (nSPS) is 11.2. The van der Waals surface area contributed by atoms with Crippen LogP contribution in [0, 0.1) is 0 Å². The first-order valence-corrected chi connectivity index (χ1v) is 7.75. The van der Waals surface area contributed by atoms with Crippen LogP contribution in [-0.2, 0) is 14.6 Å². The summed E-state index contributed by atoms with van der Waals surface area (Å²) in [4.78, 5) is 11.5. The molecular formula is C13H18O4S. The lowest BCUT2D eigenvalue weighted by Gasteiger charge is -2.05. The second-order valence-electron chi connectivity index (χ2n) is 3.98. The number of para-hydroxylation sites is 1. The summed E-state index contributed by atoms with van der Waals surface area (Å²) in [5.74, 6) is 0.764. The zero-order valence-electron chi connectivity index (χ0n) is 10.5. The van der Waals surface area contributed by atoms with Gasteiger partial charge in [-0.05, 0) is 18.6 Å². The summed E-state index contributed by atoms with van der Waals surface area (Å²) >= 11 is 0. The lowest BCUT2D eigenvalue weighted by atomic mass is 10.2. The molecule has 1 aromatic carbocycles. The molecule has 5 heteroatoms. The van der Waals surface area contributed by atoms with Crippen LogP contribution >= 0.6 is 0 Å². The molecule has 0 N–H and O–H groups in total. The van der Waals surface area contributed by atoms with E-state index in [1.54, 1.807) is 19.1 Å². The van der Waals surface area contributed by atoms with E-state index in [-0.39, 0.29) is 30.3 Å². The van der Waals surface area contributed by atoms with Crippen LogP contribution in [0.15, 0.2) is 30.3 Å². The largest absolute Gasteiger partial charge is 0.486 e. The Bertz CT molecular complexity index is 465. The first kappa shape index (κ1) is 14.7. The molecule has 100 valence electrons. The lowest BCUT2D eigenvalue weighted by molar-refractivity contribution is -0.121. The van der Waals surface area contributed by atoms with Crippen LogP contribution < -0.4 is 4.74 Å². The van der Waals surface area contributed by atoms with Crippen molar-refractivity contribution in [2.75, 3.05) is 18.1 Å². The summed E-state index contributed by atoms with van der Waals surface area (Å²) in [6.07, 6.45) is 0.610. The summed E-state index contributed by atoms with van der Waals surface area (Å²) in [7, 11) is -2.98. The minimum Gasteiger partial charge on any atom is -0.486 e. The van der Waals surface area contributed by atoms with Crippen LogP contribution in [0.1, 0.15) is 19.8 Å². The van der Waals surface area contributed by atoms with Gasteiger partial charge < -0.3 is 4.74 Å². The maximum Gasteiger partial charge on any atom is 0.170 e. The molecule has 0 heterocycles. The predicted molar refractivity (Wildman–Crippen MR) is 70.5 cm³/mol. The van der Waals surface area contributed by atoms with E-state index >= 15 is 0 Å². The highest BCUT2D eigenvalue weighted by atomic mass is 32.2. The lowest BCUT2D eigenvalue weighted by Crippen LogP contribution is -2.14. The molecular weight excluding hydrogens is 252 g/mol. The van der Waals surface area contributed by atoms with Gasteiger partial charge in [-0.2, -0.15) is 0 Å². The SMILES string of the molecule is CCS(=O)(=O)CCCC(=O)COc1ccccc1. The third-order valence-electron chi connectivity index (χ3n) is 2.49. The van der Waals surface area contributed by atoms with E-state index in [9.17, 15) is 13.2 Å². The number of sulfone groups is 1. The fourth-order valence-electron chi connectivity index (χ4n) is 1.39. The minimum atomic E-state index is -2.98.